The van der Waals surface area contributed by atoms with Crippen molar-refractivity contribution in [1.82, 2.24) is 4.98 Å². The second-order valence-corrected chi connectivity index (χ2v) is 3.68. The Morgan fingerprint density at radius 2 is 2.42 bits per heavy atom. The van der Waals surface area contributed by atoms with E-state index in [1.807, 2.05) is 6.07 Å². The second kappa shape index (κ2) is 4.21. The summed E-state index contributed by atoms with van der Waals surface area (Å²) in [4.78, 5) is 4.08. The summed E-state index contributed by atoms with van der Waals surface area (Å²) in [6.45, 7) is 1.69. The van der Waals surface area contributed by atoms with Gasteiger partial charge in [-0.1, -0.05) is 0 Å². The van der Waals surface area contributed by atoms with Gasteiger partial charge in [0.2, 0.25) is 0 Å². The largest absolute Gasteiger partial charge is 0.389 e. The quantitative estimate of drug-likeness (QED) is 0.819. The third-order valence-corrected chi connectivity index (χ3v) is 2.23. The molecule has 0 fully saturated rings. The standard InChI is InChI=1S/C8H9BrClNO/c1-5(12)7-2-6(9)4-11-8(7)3-10/h2,4-5,12H,3H2,1H3. The van der Waals surface area contributed by atoms with E-state index in [9.17, 15) is 5.11 Å². The Labute approximate surface area is 84.7 Å². The molecule has 1 heterocycles. The second-order valence-electron chi connectivity index (χ2n) is 2.50. The number of halogens is 2. The van der Waals surface area contributed by atoms with Crippen LogP contribution in [0.1, 0.15) is 24.3 Å². The number of aliphatic hydroxyl groups is 1. The van der Waals surface area contributed by atoms with Gasteiger partial charge in [0.25, 0.3) is 0 Å². The molecule has 0 aliphatic heterocycles. The van der Waals surface area contributed by atoms with E-state index in [2.05, 4.69) is 20.9 Å². The Morgan fingerprint density at radius 1 is 1.75 bits per heavy atom. The van der Waals surface area contributed by atoms with Crippen LogP contribution in [-0.2, 0) is 5.88 Å². The van der Waals surface area contributed by atoms with E-state index in [0.717, 1.165) is 15.7 Å². The fraction of sp³-hybridized carbons (Fsp3) is 0.375. The van der Waals surface area contributed by atoms with E-state index >= 15 is 0 Å². The summed E-state index contributed by atoms with van der Waals surface area (Å²) in [5, 5.41) is 9.34. The van der Waals surface area contributed by atoms with Gasteiger partial charge in [0.05, 0.1) is 17.7 Å². The van der Waals surface area contributed by atoms with Gasteiger partial charge >= 0.3 is 0 Å². The van der Waals surface area contributed by atoms with Crippen LogP contribution >= 0.6 is 27.5 Å². The lowest BCUT2D eigenvalue weighted by molar-refractivity contribution is 0.198. The molecule has 4 heteroatoms. The molecule has 12 heavy (non-hydrogen) atoms. The van der Waals surface area contributed by atoms with Gasteiger partial charge in [0.15, 0.2) is 0 Å². The van der Waals surface area contributed by atoms with Gasteiger partial charge in [-0.05, 0) is 28.9 Å². The van der Waals surface area contributed by atoms with E-state index in [0.29, 0.717) is 5.88 Å². The highest BCUT2D eigenvalue weighted by Gasteiger charge is 2.08. The smallest absolute Gasteiger partial charge is 0.0780 e. The zero-order valence-electron chi connectivity index (χ0n) is 6.59. The van der Waals surface area contributed by atoms with Crippen LogP contribution in [-0.4, -0.2) is 10.1 Å². The first-order valence-electron chi connectivity index (χ1n) is 3.53. The predicted octanol–water partition coefficient (Wildman–Crippen LogP) is 2.64. The van der Waals surface area contributed by atoms with Crippen molar-refractivity contribution in [3.05, 3.63) is 28.0 Å². The van der Waals surface area contributed by atoms with Crippen molar-refractivity contribution in [1.29, 1.82) is 0 Å². The maximum absolute atomic E-state index is 9.34. The van der Waals surface area contributed by atoms with Crippen LogP contribution in [0.5, 0.6) is 0 Å². The van der Waals surface area contributed by atoms with Crippen LogP contribution in [0.2, 0.25) is 0 Å². The zero-order chi connectivity index (χ0) is 9.14. The van der Waals surface area contributed by atoms with E-state index in [1.165, 1.54) is 0 Å². The summed E-state index contributed by atoms with van der Waals surface area (Å²) in [5.41, 5.74) is 1.51. The summed E-state index contributed by atoms with van der Waals surface area (Å²) in [6, 6.07) is 1.83. The molecule has 0 aromatic carbocycles. The minimum absolute atomic E-state index is 0.327. The molecular weight excluding hydrogens is 241 g/mol. The highest BCUT2D eigenvalue weighted by molar-refractivity contribution is 9.10. The molecule has 0 bridgehead atoms. The summed E-state index contributed by atoms with van der Waals surface area (Å²) >= 11 is 8.92. The lowest BCUT2D eigenvalue weighted by Crippen LogP contribution is -1.99. The van der Waals surface area contributed by atoms with Crippen LogP contribution in [0, 0.1) is 0 Å². The topological polar surface area (TPSA) is 33.1 Å². The van der Waals surface area contributed by atoms with Gasteiger partial charge in [-0.3, -0.25) is 4.98 Å². The van der Waals surface area contributed by atoms with Gasteiger partial charge in [-0.2, -0.15) is 0 Å². The molecule has 1 aromatic heterocycles. The molecule has 2 nitrogen and oxygen atoms in total. The van der Waals surface area contributed by atoms with Gasteiger partial charge in [-0.25, -0.2) is 0 Å². The van der Waals surface area contributed by atoms with Gasteiger partial charge in [0, 0.05) is 16.2 Å². The first-order valence-corrected chi connectivity index (χ1v) is 4.86. The van der Waals surface area contributed by atoms with E-state index < -0.39 is 6.10 Å². The fourth-order valence-corrected chi connectivity index (χ4v) is 1.53. The normalized spacial score (nSPS) is 13.0. The van der Waals surface area contributed by atoms with E-state index in [1.54, 1.807) is 13.1 Å². The molecule has 0 aliphatic carbocycles. The van der Waals surface area contributed by atoms with Crippen molar-refractivity contribution >= 4 is 27.5 Å². The molecule has 1 unspecified atom stereocenters. The Kier molecular flexibility index (Phi) is 3.50. The molecule has 0 radical (unpaired) electrons. The van der Waals surface area contributed by atoms with Crippen molar-refractivity contribution in [3.8, 4) is 0 Å². The number of nitrogens with zero attached hydrogens (tertiary/aromatic N) is 1. The monoisotopic (exact) mass is 249 g/mol. The molecule has 1 N–H and O–H groups in total. The number of hydrogen-bond acceptors (Lipinski definition) is 2. The first-order chi connectivity index (χ1) is 5.65. The molecule has 1 aromatic rings. The first kappa shape index (κ1) is 9.96. The fourth-order valence-electron chi connectivity index (χ4n) is 0.957. The molecule has 0 saturated heterocycles. The predicted molar refractivity (Wildman–Crippen MR) is 52.1 cm³/mol. The van der Waals surface area contributed by atoms with Crippen LogP contribution < -0.4 is 0 Å². The molecule has 0 spiro atoms. The van der Waals surface area contributed by atoms with Gasteiger partial charge in [-0.15, -0.1) is 11.6 Å². The third-order valence-electron chi connectivity index (χ3n) is 1.55. The van der Waals surface area contributed by atoms with Crippen molar-refractivity contribution in [3.63, 3.8) is 0 Å². The van der Waals surface area contributed by atoms with Crippen molar-refractivity contribution in [2.45, 2.75) is 18.9 Å². The number of aliphatic hydroxyl groups excluding tert-OH is 1. The molecule has 0 amide bonds. The van der Waals surface area contributed by atoms with Crippen LogP contribution in [0.4, 0.5) is 0 Å². The van der Waals surface area contributed by atoms with Gasteiger partial charge < -0.3 is 5.11 Å². The maximum Gasteiger partial charge on any atom is 0.0780 e. The summed E-state index contributed by atoms with van der Waals surface area (Å²) in [6.07, 6.45) is 1.15. The molecule has 1 rings (SSSR count). The number of pyridine rings is 1. The van der Waals surface area contributed by atoms with Crippen molar-refractivity contribution < 1.29 is 5.11 Å². The van der Waals surface area contributed by atoms with E-state index in [-0.39, 0.29) is 0 Å². The average molecular weight is 251 g/mol. The molecular formula is C8H9BrClNO. The molecule has 1 atom stereocenters. The summed E-state index contributed by atoms with van der Waals surface area (Å²) in [7, 11) is 0. The number of hydrogen-bond donors (Lipinski definition) is 1. The average Bonchev–Trinajstić information content (AvgIpc) is 2.04. The number of alkyl halides is 1. The molecule has 66 valence electrons. The SMILES string of the molecule is CC(O)c1cc(Br)cnc1CCl. The van der Waals surface area contributed by atoms with Crippen molar-refractivity contribution in [2.75, 3.05) is 0 Å². The third kappa shape index (κ3) is 2.19. The minimum atomic E-state index is -0.524. The maximum atomic E-state index is 9.34. The highest BCUT2D eigenvalue weighted by atomic mass is 79.9. The number of rotatable bonds is 2. The van der Waals surface area contributed by atoms with Crippen LogP contribution in [0.15, 0.2) is 16.7 Å². The Balaban J connectivity index is 3.12. The lowest BCUT2D eigenvalue weighted by atomic mass is 10.1. The van der Waals surface area contributed by atoms with E-state index in [4.69, 9.17) is 11.6 Å². The van der Waals surface area contributed by atoms with Crippen LogP contribution in [0.3, 0.4) is 0 Å². The highest BCUT2D eigenvalue weighted by Crippen LogP contribution is 2.21. The number of aromatic nitrogens is 1. The van der Waals surface area contributed by atoms with Gasteiger partial charge in [0.1, 0.15) is 0 Å². The summed E-state index contributed by atoms with van der Waals surface area (Å²) in [5.74, 6) is 0.327. The molecule has 0 aliphatic rings. The van der Waals surface area contributed by atoms with Crippen molar-refractivity contribution in [2.24, 2.45) is 0 Å². The minimum Gasteiger partial charge on any atom is -0.389 e. The Morgan fingerprint density at radius 3 is 2.92 bits per heavy atom. The lowest BCUT2D eigenvalue weighted by Gasteiger charge is -2.08. The zero-order valence-corrected chi connectivity index (χ0v) is 8.93. The van der Waals surface area contributed by atoms with Crippen LogP contribution in [0.25, 0.3) is 0 Å². The summed E-state index contributed by atoms with van der Waals surface area (Å²) < 4.78 is 0.854. The Bertz CT molecular complexity index is 278. The molecule has 0 saturated carbocycles. The Hall–Kier alpha value is -0.120.